The molecule has 1 saturated heterocycles. The zero-order valence-electron chi connectivity index (χ0n) is 14.0. The number of fused-ring (bicyclic) bond motifs is 1. The Morgan fingerprint density at radius 2 is 1.87 bits per heavy atom. The fourth-order valence-corrected chi connectivity index (χ4v) is 3.30. The molecular weight excluding hydrogens is 292 g/mol. The van der Waals surface area contributed by atoms with Gasteiger partial charge in [0.15, 0.2) is 11.5 Å². The van der Waals surface area contributed by atoms with Gasteiger partial charge >= 0.3 is 0 Å². The van der Waals surface area contributed by atoms with Crippen LogP contribution in [-0.2, 0) is 11.2 Å². The monoisotopic (exact) mass is 318 g/mol. The van der Waals surface area contributed by atoms with Crippen LogP contribution >= 0.6 is 0 Å². The maximum Gasteiger partial charge on any atom is 0.223 e. The lowest BCUT2D eigenvalue weighted by Crippen LogP contribution is -2.55. The quantitative estimate of drug-likeness (QED) is 0.926. The van der Waals surface area contributed by atoms with E-state index in [2.05, 4.69) is 19.2 Å². The Kier molecular flexibility index (Phi) is 5.06. The summed E-state index contributed by atoms with van der Waals surface area (Å²) in [6.07, 6.45) is 2.18. The summed E-state index contributed by atoms with van der Waals surface area (Å²) < 4.78 is 11.4. The number of piperazine rings is 1. The highest BCUT2D eigenvalue weighted by molar-refractivity contribution is 5.76. The number of carbonyl (C=O) groups is 1. The molecule has 2 aliphatic rings. The minimum absolute atomic E-state index is 0.234. The molecule has 1 fully saturated rings. The highest BCUT2D eigenvalue weighted by atomic mass is 16.5. The Morgan fingerprint density at radius 3 is 2.61 bits per heavy atom. The van der Waals surface area contributed by atoms with E-state index in [-0.39, 0.29) is 5.91 Å². The summed E-state index contributed by atoms with van der Waals surface area (Å²) in [5.74, 6) is 1.84. The fourth-order valence-electron chi connectivity index (χ4n) is 3.30. The molecule has 1 amide bonds. The molecule has 1 N–H and O–H groups in total. The minimum atomic E-state index is 0.234. The van der Waals surface area contributed by atoms with Gasteiger partial charge in [-0.15, -0.1) is 0 Å². The van der Waals surface area contributed by atoms with Crippen LogP contribution in [0.25, 0.3) is 0 Å². The topological polar surface area (TPSA) is 50.8 Å². The van der Waals surface area contributed by atoms with Crippen molar-refractivity contribution in [3.8, 4) is 11.5 Å². The van der Waals surface area contributed by atoms with Gasteiger partial charge in [0.05, 0.1) is 13.2 Å². The first-order valence-electron chi connectivity index (χ1n) is 8.54. The first kappa shape index (κ1) is 16.1. The number of rotatable bonds is 3. The van der Waals surface area contributed by atoms with Crippen LogP contribution in [0, 0.1) is 0 Å². The van der Waals surface area contributed by atoms with Gasteiger partial charge in [-0.25, -0.2) is 0 Å². The summed E-state index contributed by atoms with van der Waals surface area (Å²) in [6.45, 7) is 7.23. The molecule has 0 saturated carbocycles. The SMILES string of the molecule is C[C@@H]1CN(C(=O)CCc2ccc3c(c2)OCCCO3)C[C@H](C)N1. The van der Waals surface area contributed by atoms with Crippen molar-refractivity contribution in [1.82, 2.24) is 10.2 Å². The smallest absolute Gasteiger partial charge is 0.223 e. The van der Waals surface area contributed by atoms with Crippen LogP contribution in [0.2, 0.25) is 0 Å². The lowest BCUT2D eigenvalue weighted by Gasteiger charge is -2.36. The van der Waals surface area contributed by atoms with Crippen molar-refractivity contribution >= 4 is 5.91 Å². The van der Waals surface area contributed by atoms with E-state index in [1.165, 1.54) is 0 Å². The van der Waals surface area contributed by atoms with E-state index in [0.717, 1.165) is 43.0 Å². The van der Waals surface area contributed by atoms with E-state index >= 15 is 0 Å². The van der Waals surface area contributed by atoms with Crippen LogP contribution in [0.1, 0.15) is 32.3 Å². The molecule has 0 unspecified atom stereocenters. The Bertz CT molecular complexity index is 551. The summed E-state index contributed by atoms with van der Waals surface area (Å²) in [6, 6.07) is 6.72. The van der Waals surface area contributed by atoms with Crippen molar-refractivity contribution in [2.24, 2.45) is 0 Å². The predicted octanol–water partition coefficient (Wildman–Crippen LogP) is 1.99. The van der Waals surface area contributed by atoms with E-state index < -0.39 is 0 Å². The second-order valence-electron chi connectivity index (χ2n) is 6.60. The predicted molar refractivity (Wildman–Crippen MR) is 89.0 cm³/mol. The minimum Gasteiger partial charge on any atom is -0.490 e. The summed E-state index contributed by atoms with van der Waals surface area (Å²) in [7, 11) is 0. The molecule has 5 heteroatoms. The molecule has 23 heavy (non-hydrogen) atoms. The lowest BCUT2D eigenvalue weighted by molar-refractivity contribution is -0.132. The zero-order chi connectivity index (χ0) is 16.2. The highest BCUT2D eigenvalue weighted by Crippen LogP contribution is 2.30. The molecule has 2 aliphatic heterocycles. The van der Waals surface area contributed by atoms with Gasteiger partial charge in [-0.3, -0.25) is 4.79 Å². The number of nitrogens with one attached hydrogen (secondary N) is 1. The largest absolute Gasteiger partial charge is 0.490 e. The molecule has 5 nitrogen and oxygen atoms in total. The van der Waals surface area contributed by atoms with Crippen molar-refractivity contribution < 1.29 is 14.3 Å². The number of hydrogen-bond acceptors (Lipinski definition) is 4. The Morgan fingerprint density at radius 1 is 1.17 bits per heavy atom. The molecule has 0 spiro atoms. The van der Waals surface area contributed by atoms with E-state index in [4.69, 9.17) is 9.47 Å². The average Bonchev–Trinajstić information content (AvgIpc) is 2.76. The molecule has 1 aromatic carbocycles. The van der Waals surface area contributed by atoms with Gasteiger partial charge in [-0.2, -0.15) is 0 Å². The third kappa shape index (κ3) is 4.16. The number of aryl methyl sites for hydroxylation is 1. The standard InChI is InChI=1S/C18H26N2O3/c1-13-11-20(12-14(2)19-13)18(21)7-5-15-4-6-16-17(10-15)23-9-3-8-22-16/h4,6,10,13-14,19H,3,5,7-9,11-12H2,1-2H3/t13-,14+. The van der Waals surface area contributed by atoms with Gasteiger partial charge < -0.3 is 19.7 Å². The van der Waals surface area contributed by atoms with Crippen molar-refractivity contribution in [2.75, 3.05) is 26.3 Å². The molecule has 0 aliphatic carbocycles. The molecule has 1 aromatic rings. The van der Waals surface area contributed by atoms with Crippen molar-refractivity contribution in [3.63, 3.8) is 0 Å². The third-order valence-electron chi connectivity index (χ3n) is 4.35. The average molecular weight is 318 g/mol. The molecule has 0 radical (unpaired) electrons. The third-order valence-corrected chi connectivity index (χ3v) is 4.35. The van der Waals surface area contributed by atoms with Gasteiger partial charge in [0.25, 0.3) is 0 Å². The maximum atomic E-state index is 12.4. The van der Waals surface area contributed by atoms with Crippen molar-refractivity contribution in [3.05, 3.63) is 23.8 Å². The second kappa shape index (κ2) is 7.21. The van der Waals surface area contributed by atoms with Crippen molar-refractivity contribution in [2.45, 2.75) is 45.2 Å². The maximum absolute atomic E-state index is 12.4. The van der Waals surface area contributed by atoms with E-state index in [1.54, 1.807) is 0 Å². The van der Waals surface area contributed by atoms with Crippen LogP contribution < -0.4 is 14.8 Å². The second-order valence-corrected chi connectivity index (χ2v) is 6.60. The van der Waals surface area contributed by atoms with Crippen LogP contribution in [-0.4, -0.2) is 49.2 Å². The number of ether oxygens (including phenoxy) is 2. The Hall–Kier alpha value is -1.75. The van der Waals surface area contributed by atoms with Gasteiger partial charge in [0.1, 0.15) is 0 Å². The fraction of sp³-hybridized carbons (Fsp3) is 0.611. The molecule has 126 valence electrons. The lowest BCUT2D eigenvalue weighted by atomic mass is 10.1. The van der Waals surface area contributed by atoms with Gasteiger partial charge in [-0.05, 0) is 38.0 Å². The van der Waals surface area contributed by atoms with Crippen molar-refractivity contribution in [1.29, 1.82) is 0 Å². The summed E-state index contributed by atoms with van der Waals surface area (Å²) in [4.78, 5) is 14.4. The number of nitrogens with zero attached hydrogens (tertiary/aromatic N) is 1. The molecule has 0 bridgehead atoms. The molecular formula is C18H26N2O3. The number of carbonyl (C=O) groups excluding carboxylic acids is 1. The first-order valence-corrected chi connectivity index (χ1v) is 8.54. The first-order chi connectivity index (χ1) is 11.1. The molecule has 2 heterocycles. The normalized spacial score (nSPS) is 24.2. The summed E-state index contributed by atoms with van der Waals surface area (Å²) in [5, 5.41) is 3.45. The number of amides is 1. The Labute approximate surface area is 137 Å². The number of hydrogen-bond donors (Lipinski definition) is 1. The number of benzene rings is 1. The summed E-state index contributed by atoms with van der Waals surface area (Å²) in [5.41, 5.74) is 1.12. The van der Waals surface area contributed by atoms with E-state index in [1.807, 2.05) is 23.1 Å². The summed E-state index contributed by atoms with van der Waals surface area (Å²) >= 11 is 0. The van der Waals surface area contributed by atoms with Crippen LogP contribution in [0.5, 0.6) is 11.5 Å². The van der Waals surface area contributed by atoms with Crippen LogP contribution in [0.4, 0.5) is 0 Å². The van der Waals surface area contributed by atoms with Crippen LogP contribution in [0.3, 0.4) is 0 Å². The van der Waals surface area contributed by atoms with Gasteiger partial charge in [0.2, 0.25) is 5.91 Å². The molecule has 3 rings (SSSR count). The van der Waals surface area contributed by atoms with Gasteiger partial charge in [-0.1, -0.05) is 6.07 Å². The Balaban J connectivity index is 1.57. The zero-order valence-corrected chi connectivity index (χ0v) is 14.0. The van der Waals surface area contributed by atoms with E-state index in [9.17, 15) is 4.79 Å². The van der Waals surface area contributed by atoms with Gasteiger partial charge in [0, 0.05) is 38.0 Å². The van der Waals surface area contributed by atoms with Crippen LogP contribution in [0.15, 0.2) is 18.2 Å². The highest BCUT2D eigenvalue weighted by Gasteiger charge is 2.24. The van der Waals surface area contributed by atoms with E-state index in [0.29, 0.717) is 31.7 Å². The molecule has 0 aromatic heterocycles. The molecule has 2 atom stereocenters.